The number of aromatic nitrogens is 2. The molecule has 0 N–H and O–H groups in total. The summed E-state index contributed by atoms with van der Waals surface area (Å²) in [6.07, 6.45) is 0.832. The van der Waals surface area contributed by atoms with Gasteiger partial charge in [0.25, 0.3) is 5.56 Å². The molecule has 1 aromatic heterocycles. The zero-order valence-electron chi connectivity index (χ0n) is 8.23. The lowest BCUT2D eigenvalue weighted by Gasteiger charge is -2.04. The number of benzene rings is 1. The highest BCUT2D eigenvalue weighted by Crippen LogP contribution is 2.22. The van der Waals surface area contributed by atoms with E-state index in [1.807, 2.05) is 24.3 Å². The van der Waals surface area contributed by atoms with Crippen LogP contribution in [-0.4, -0.2) is 9.55 Å². The van der Waals surface area contributed by atoms with Gasteiger partial charge in [-0.2, -0.15) is 0 Å². The second-order valence-electron chi connectivity index (χ2n) is 3.76. The van der Waals surface area contributed by atoms with E-state index in [1.54, 1.807) is 4.57 Å². The fourth-order valence-electron chi connectivity index (χ4n) is 2.00. The average molecular weight is 198 g/mol. The summed E-state index contributed by atoms with van der Waals surface area (Å²) >= 11 is 0. The fourth-order valence-corrected chi connectivity index (χ4v) is 2.00. The van der Waals surface area contributed by atoms with E-state index in [9.17, 15) is 4.79 Å². The van der Waals surface area contributed by atoms with Gasteiger partial charge in [0.1, 0.15) is 5.82 Å². The van der Waals surface area contributed by atoms with Crippen molar-refractivity contribution < 1.29 is 0 Å². The van der Waals surface area contributed by atoms with E-state index >= 15 is 0 Å². The lowest BCUT2D eigenvalue weighted by atomic mass is 10.2. The van der Waals surface area contributed by atoms with Crippen LogP contribution in [0.2, 0.25) is 0 Å². The van der Waals surface area contributed by atoms with Crippen molar-refractivity contribution in [3.05, 3.63) is 47.0 Å². The normalized spacial score (nSPS) is 14.5. The van der Waals surface area contributed by atoms with Crippen molar-refractivity contribution in [2.45, 2.75) is 13.0 Å². The summed E-state index contributed by atoms with van der Waals surface area (Å²) < 4.78 is 1.71. The summed E-state index contributed by atoms with van der Waals surface area (Å²) in [6, 6.07) is 7.44. The maximum atomic E-state index is 12.0. The molecular weight excluding hydrogens is 188 g/mol. The van der Waals surface area contributed by atoms with Gasteiger partial charge >= 0.3 is 0 Å². The Morgan fingerprint density at radius 2 is 2.13 bits per heavy atom. The Hall–Kier alpha value is -1.90. The Morgan fingerprint density at radius 1 is 1.33 bits per heavy atom. The molecule has 0 radical (unpaired) electrons. The van der Waals surface area contributed by atoms with Crippen molar-refractivity contribution in [1.82, 2.24) is 9.55 Å². The lowest BCUT2D eigenvalue weighted by molar-refractivity contribution is 0.725. The molecule has 2 aromatic rings. The first-order valence-electron chi connectivity index (χ1n) is 4.95. The summed E-state index contributed by atoms with van der Waals surface area (Å²) in [7, 11) is 0. The average Bonchev–Trinajstić information content (AvgIpc) is 2.62. The number of rotatable bonds is 0. The van der Waals surface area contributed by atoms with Gasteiger partial charge in [-0.1, -0.05) is 18.7 Å². The summed E-state index contributed by atoms with van der Waals surface area (Å²) in [5.74, 6) is 0.749. The topological polar surface area (TPSA) is 34.9 Å². The van der Waals surface area contributed by atoms with Crippen molar-refractivity contribution in [3.8, 4) is 0 Å². The van der Waals surface area contributed by atoms with Crippen LogP contribution < -0.4 is 5.56 Å². The molecule has 0 atom stereocenters. The van der Waals surface area contributed by atoms with Gasteiger partial charge in [-0.3, -0.25) is 9.36 Å². The highest BCUT2D eigenvalue weighted by atomic mass is 16.1. The maximum Gasteiger partial charge on any atom is 0.261 e. The van der Waals surface area contributed by atoms with Gasteiger partial charge in [-0.15, -0.1) is 0 Å². The molecule has 0 unspecified atom stereocenters. The predicted octanol–water partition coefficient (Wildman–Crippen LogP) is 1.81. The van der Waals surface area contributed by atoms with E-state index in [1.165, 1.54) is 0 Å². The SMILES string of the molecule is C=C1CCn2c1nc1ccccc1c2=O. The summed E-state index contributed by atoms with van der Waals surface area (Å²) in [5, 5.41) is 0.691. The van der Waals surface area contributed by atoms with Crippen LogP contribution in [0.5, 0.6) is 0 Å². The lowest BCUT2D eigenvalue weighted by Crippen LogP contribution is -2.20. The molecule has 1 aliphatic heterocycles. The van der Waals surface area contributed by atoms with Gasteiger partial charge in [0, 0.05) is 6.54 Å². The quantitative estimate of drug-likeness (QED) is 0.647. The number of fused-ring (bicyclic) bond motifs is 2. The van der Waals surface area contributed by atoms with E-state index < -0.39 is 0 Å². The highest BCUT2D eigenvalue weighted by molar-refractivity contribution is 5.79. The van der Waals surface area contributed by atoms with E-state index in [2.05, 4.69) is 11.6 Å². The number of hydrogen-bond acceptors (Lipinski definition) is 2. The molecule has 3 rings (SSSR count). The number of para-hydroxylation sites is 1. The molecule has 0 spiro atoms. The molecule has 1 aliphatic rings. The second-order valence-corrected chi connectivity index (χ2v) is 3.76. The number of hydrogen-bond donors (Lipinski definition) is 0. The van der Waals surface area contributed by atoms with Gasteiger partial charge in [-0.05, 0) is 24.1 Å². The molecule has 0 saturated carbocycles. The first kappa shape index (κ1) is 8.41. The van der Waals surface area contributed by atoms with Crippen LogP contribution >= 0.6 is 0 Å². The third-order valence-corrected chi connectivity index (χ3v) is 2.82. The van der Waals surface area contributed by atoms with Crippen molar-refractivity contribution >= 4 is 16.5 Å². The van der Waals surface area contributed by atoms with Gasteiger partial charge < -0.3 is 0 Å². The Kier molecular flexibility index (Phi) is 1.57. The third-order valence-electron chi connectivity index (χ3n) is 2.82. The zero-order valence-corrected chi connectivity index (χ0v) is 8.23. The molecule has 1 aromatic carbocycles. The van der Waals surface area contributed by atoms with Gasteiger partial charge in [0.2, 0.25) is 0 Å². The number of nitrogens with zero attached hydrogens (tertiary/aromatic N) is 2. The largest absolute Gasteiger partial charge is 0.292 e. The second kappa shape index (κ2) is 2.79. The first-order chi connectivity index (χ1) is 7.27. The Balaban J connectivity index is 2.51. The maximum absolute atomic E-state index is 12.0. The molecule has 0 aliphatic carbocycles. The van der Waals surface area contributed by atoms with E-state index in [4.69, 9.17) is 0 Å². The zero-order chi connectivity index (χ0) is 10.4. The summed E-state index contributed by atoms with van der Waals surface area (Å²) in [5.41, 5.74) is 1.77. The molecule has 2 heterocycles. The van der Waals surface area contributed by atoms with Gasteiger partial charge in [0.15, 0.2) is 0 Å². The Morgan fingerprint density at radius 3 is 3.00 bits per heavy atom. The van der Waals surface area contributed by atoms with Gasteiger partial charge in [-0.25, -0.2) is 4.98 Å². The molecule has 15 heavy (non-hydrogen) atoms. The predicted molar refractivity (Wildman–Crippen MR) is 59.7 cm³/mol. The van der Waals surface area contributed by atoms with Crippen LogP contribution in [0.15, 0.2) is 35.6 Å². The minimum atomic E-state index is 0.0502. The molecule has 0 bridgehead atoms. The monoisotopic (exact) mass is 198 g/mol. The minimum Gasteiger partial charge on any atom is -0.292 e. The summed E-state index contributed by atoms with van der Waals surface area (Å²) in [4.78, 5) is 16.5. The molecule has 0 amide bonds. The fraction of sp³-hybridized carbons (Fsp3) is 0.167. The molecular formula is C12H10N2O. The standard InChI is InChI=1S/C12H10N2O/c1-8-6-7-14-11(8)13-10-5-3-2-4-9(10)12(14)15/h2-5H,1,6-7H2. The third kappa shape index (κ3) is 1.06. The minimum absolute atomic E-state index is 0.0502. The van der Waals surface area contributed by atoms with Crippen LogP contribution in [0.4, 0.5) is 0 Å². The smallest absolute Gasteiger partial charge is 0.261 e. The molecule has 0 saturated heterocycles. The van der Waals surface area contributed by atoms with E-state index in [0.29, 0.717) is 11.9 Å². The van der Waals surface area contributed by atoms with Crippen molar-refractivity contribution in [3.63, 3.8) is 0 Å². The molecule has 3 heteroatoms. The number of allylic oxidation sites excluding steroid dienone is 1. The molecule has 3 nitrogen and oxygen atoms in total. The van der Waals surface area contributed by atoms with E-state index in [-0.39, 0.29) is 5.56 Å². The summed E-state index contributed by atoms with van der Waals surface area (Å²) in [6.45, 7) is 4.63. The van der Waals surface area contributed by atoms with Crippen LogP contribution in [0, 0.1) is 0 Å². The van der Waals surface area contributed by atoms with Crippen LogP contribution in [0.25, 0.3) is 16.5 Å². The van der Waals surface area contributed by atoms with Gasteiger partial charge in [0.05, 0.1) is 10.9 Å². The first-order valence-corrected chi connectivity index (χ1v) is 4.95. The Labute approximate surface area is 86.7 Å². The van der Waals surface area contributed by atoms with Crippen molar-refractivity contribution in [2.75, 3.05) is 0 Å². The van der Waals surface area contributed by atoms with Crippen LogP contribution in [-0.2, 0) is 6.54 Å². The van der Waals surface area contributed by atoms with Crippen LogP contribution in [0.3, 0.4) is 0 Å². The van der Waals surface area contributed by atoms with Crippen LogP contribution in [0.1, 0.15) is 12.2 Å². The highest BCUT2D eigenvalue weighted by Gasteiger charge is 2.18. The van der Waals surface area contributed by atoms with Crippen molar-refractivity contribution in [1.29, 1.82) is 0 Å². The van der Waals surface area contributed by atoms with Crippen molar-refractivity contribution in [2.24, 2.45) is 0 Å². The molecule has 74 valence electrons. The molecule has 0 fully saturated rings. The van der Waals surface area contributed by atoms with E-state index in [0.717, 1.165) is 23.3 Å². The Bertz CT molecular complexity index is 625.